The van der Waals surface area contributed by atoms with Crippen molar-refractivity contribution in [3.8, 4) is 0 Å². The number of benzene rings is 1. The number of carbonyl (C=O) groups excluding carboxylic acids is 1. The number of hydrogen-bond donors (Lipinski definition) is 2. The molecule has 88 valence electrons. The van der Waals surface area contributed by atoms with Crippen LogP contribution in [0.2, 0.25) is 0 Å². The number of rotatable bonds is 3. The summed E-state index contributed by atoms with van der Waals surface area (Å²) < 4.78 is 17.7. The largest absolute Gasteiger partial charge is 0.443 e. The summed E-state index contributed by atoms with van der Waals surface area (Å²) in [7, 11) is 0. The first kappa shape index (κ1) is 12.3. The van der Waals surface area contributed by atoms with Gasteiger partial charge in [0, 0.05) is 12.1 Å². The molecule has 0 unspecified atom stereocenters. The van der Waals surface area contributed by atoms with Crippen molar-refractivity contribution in [3.05, 3.63) is 29.6 Å². The van der Waals surface area contributed by atoms with Gasteiger partial charge in [-0.3, -0.25) is 0 Å². The van der Waals surface area contributed by atoms with Gasteiger partial charge in [0.1, 0.15) is 11.4 Å². The van der Waals surface area contributed by atoms with Crippen molar-refractivity contribution in [2.45, 2.75) is 25.9 Å². The molecule has 0 aliphatic rings. The van der Waals surface area contributed by atoms with Gasteiger partial charge in [0.2, 0.25) is 0 Å². The topological polar surface area (TPSA) is 78.3 Å². The number of amides is 1. The van der Waals surface area contributed by atoms with Crippen molar-refractivity contribution in [1.29, 1.82) is 0 Å². The molecule has 0 atom stereocenters. The van der Waals surface area contributed by atoms with E-state index in [4.69, 9.17) is 16.2 Å². The van der Waals surface area contributed by atoms with Crippen LogP contribution in [0, 0.1) is 5.82 Å². The van der Waals surface area contributed by atoms with E-state index in [2.05, 4.69) is 0 Å². The number of nitrogens with two attached hydrogens (primary N) is 2. The predicted molar refractivity (Wildman–Crippen MR) is 59.3 cm³/mol. The van der Waals surface area contributed by atoms with Crippen LogP contribution >= 0.6 is 0 Å². The molecule has 16 heavy (non-hydrogen) atoms. The summed E-state index contributed by atoms with van der Waals surface area (Å²) in [6.07, 6.45) is -0.465. The van der Waals surface area contributed by atoms with E-state index in [0.29, 0.717) is 17.7 Å². The maximum Gasteiger partial charge on any atom is 0.405 e. The predicted octanol–water partition coefficient (Wildman–Crippen LogP) is 1.82. The highest BCUT2D eigenvalue weighted by Crippen LogP contribution is 2.22. The average Bonchev–Trinajstić information content (AvgIpc) is 2.07. The van der Waals surface area contributed by atoms with Crippen LogP contribution in [-0.4, -0.2) is 11.7 Å². The fourth-order valence-electron chi connectivity index (χ4n) is 1.49. The van der Waals surface area contributed by atoms with Gasteiger partial charge in [0.25, 0.3) is 0 Å². The fourth-order valence-corrected chi connectivity index (χ4v) is 1.49. The van der Waals surface area contributed by atoms with Crippen LogP contribution in [0.15, 0.2) is 18.2 Å². The molecule has 0 saturated heterocycles. The van der Waals surface area contributed by atoms with Crippen LogP contribution in [0.1, 0.15) is 19.4 Å². The van der Waals surface area contributed by atoms with E-state index in [9.17, 15) is 9.18 Å². The molecule has 0 heterocycles. The van der Waals surface area contributed by atoms with E-state index in [0.717, 1.165) is 0 Å². The fraction of sp³-hybridized carbons (Fsp3) is 0.364. The van der Waals surface area contributed by atoms with Gasteiger partial charge in [-0.15, -0.1) is 0 Å². The van der Waals surface area contributed by atoms with E-state index < -0.39 is 17.5 Å². The van der Waals surface area contributed by atoms with Gasteiger partial charge in [-0.05, 0) is 31.5 Å². The number of anilines is 1. The third-order valence-electron chi connectivity index (χ3n) is 2.10. The van der Waals surface area contributed by atoms with Crippen molar-refractivity contribution < 1.29 is 13.9 Å². The molecule has 1 rings (SSSR count). The summed E-state index contributed by atoms with van der Waals surface area (Å²) in [4.78, 5) is 10.7. The second-order valence-corrected chi connectivity index (χ2v) is 4.20. The highest BCUT2D eigenvalue weighted by atomic mass is 19.1. The van der Waals surface area contributed by atoms with Crippen molar-refractivity contribution >= 4 is 11.8 Å². The van der Waals surface area contributed by atoms with Crippen molar-refractivity contribution in [1.82, 2.24) is 0 Å². The molecule has 0 spiro atoms. The molecule has 0 aliphatic heterocycles. The number of carbonyl (C=O) groups is 1. The van der Waals surface area contributed by atoms with Gasteiger partial charge < -0.3 is 16.2 Å². The van der Waals surface area contributed by atoms with Crippen LogP contribution in [0.4, 0.5) is 14.9 Å². The molecule has 1 aromatic carbocycles. The minimum Gasteiger partial charge on any atom is -0.443 e. The summed E-state index contributed by atoms with van der Waals surface area (Å²) >= 11 is 0. The van der Waals surface area contributed by atoms with Crippen molar-refractivity contribution in [2.75, 3.05) is 5.73 Å². The van der Waals surface area contributed by atoms with E-state index in [1.54, 1.807) is 19.9 Å². The van der Waals surface area contributed by atoms with Gasteiger partial charge >= 0.3 is 6.09 Å². The zero-order valence-corrected chi connectivity index (χ0v) is 9.29. The van der Waals surface area contributed by atoms with E-state index in [1.807, 2.05) is 0 Å². The van der Waals surface area contributed by atoms with Gasteiger partial charge in [-0.25, -0.2) is 9.18 Å². The number of nitrogen functional groups attached to an aromatic ring is 1. The van der Waals surface area contributed by atoms with Gasteiger partial charge in [-0.2, -0.15) is 0 Å². The SMILES string of the molecule is CC(C)(Cc1ccc(F)cc1N)OC(N)=O. The molecule has 0 aliphatic carbocycles. The Morgan fingerprint density at radius 2 is 2.12 bits per heavy atom. The molecular weight excluding hydrogens is 211 g/mol. The number of hydrogen-bond acceptors (Lipinski definition) is 3. The first-order chi connectivity index (χ1) is 7.30. The maximum absolute atomic E-state index is 12.8. The van der Waals surface area contributed by atoms with Crippen LogP contribution in [0.25, 0.3) is 0 Å². The molecule has 4 N–H and O–H groups in total. The van der Waals surface area contributed by atoms with Crippen molar-refractivity contribution in [3.63, 3.8) is 0 Å². The Morgan fingerprint density at radius 1 is 1.50 bits per heavy atom. The highest BCUT2D eigenvalue weighted by Gasteiger charge is 2.23. The Balaban J connectivity index is 2.83. The number of primary amides is 1. The smallest absolute Gasteiger partial charge is 0.405 e. The first-order valence-electron chi connectivity index (χ1n) is 4.82. The minimum atomic E-state index is -0.842. The van der Waals surface area contributed by atoms with E-state index in [1.165, 1.54) is 12.1 Å². The lowest BCUT2D eigenvalue weighted by Crippen LogP contribution is -2.33. The molecule has 0 fully saturated rings. The summed E-state index contributed by atoms with van der Waals surface area (Å²) in [6, 6.07) is 4.11. The maximum atomic E-state index is 12.8. The average molecular weight is 226 g/mol. The highest BCUT2D eigenvalue weighted by molar-refractivity contribution is 5.65. The Morgan fingerprint density at radius 3 is 2.62 bits per heavy atom. The zero-order chi connectivity index (χ0) is 12.3. The second kappa shape index (κ2) is 4.38. The number of ether oxygens (including phenoxy) is 1. The van der Waals surface area contributed by atoms with Gasteiger partial charge in [0.15, 0.2) is 0 Å². The standard InChI is InChI=1S/C11H15FN2O2/c1-11(2,16-10(14)15)6-7-3-4-8(12)5-9(7)13/h3-5H,6,13H2,1-2H3,(H2,14,15). The van der Waals surface area contributed by atoms with Crippen molar-refractivity contribution in [2.24, 2.45) is 5.73 Å². The third kappa shape index (κ3) is 3.42. The zero-order valence-electron chi connectivity index (χ0n) is 9.29. The second-order valence-electron chi connectivity index (χ2n) is 4.20. The number of halogens is 1. The van der Waals surface area contributed by atoms with Gasteiger partial charge in [0.05, 0.1) is 0 Å². The summed E-state index contributed by atoms with van der Waals surface area (Å²) in [5.41, 5.74) is 10.9. The summed E-state index contributed by atoms with van der Waals surface area (Å²) in [6.45, 7) is 3.42. The van der Waals surface area contributed by atoms with E-state index in [-0.39, 0.29) is 0 Å². The monoisotopic (exact) mass is 226 g/mol. The quantitative estimate of drug-likeness (QED) is 0.771. The Bertz CT molecular complexity index is 405. The lowest BCUT2D eigenvalue weighted by Gasteiger charge is -2.24. The van der Waals surface area contributed by atoms with Gasteiger partial charge in [-0.1, -0.05) is 6.07 Å². The summed E-state index contributed by atoms with van der Waals surface area (Å²) in [5.74, 6) is -0.394. The van der Waals surface area contributed by atoms with Crippen LogP contribution in [-0.2, 0) is 11.2 Å². The molecule has 5 heteroatoms. The molecule has 0 radical (unpaired) electrons. The minimum absolute atomic E-state index is 0.334. The Kier molecular flexibility index (Phi) is 3.37. The van der Waals surface area contributed by atoms with Crippen LogP contribution in [0.3, 0.4) is 0 Å². The van der Waals surface area contributed by atoms with E-state index >= 15 is 0 Å². The Hall–Kier alpha value is -1.78. The molecule has 0 bridgehead atoms. The molecule has 1 amide bonds. The van der Waals surface area contributed by atoms with Crippen LogP contribution in [0.5, 0.6) is 0 Å². The molecule has 1 aromatic rings. The van der Waals surface area contributed by atoms with Crippen LogP contribution < -0.4 is 11.5 Å². The molecule has 4 nitrogen and oxygen atoms in total. The lowest BCUT2D eigenvalue weighted by atomic mass is 9.97. The third-order valence-corrected chi connectivity index (χ3v) is 2.10. The molecular formula is C11H15FN2O2. The normalized spacial score (nSPS) is 11.2. The Labute approximate surface area is 93.4 Å². The lowest BCUT2D eigenvalue weighted by molar-refractivity contribution is 0.0461. The molecule has 0 saturated carbocycles. The first-order valence-corrected chi connectivity index (χ1v) is 4.82. The summed E-state index contributed by atoms with van der Waals surface area (Å²) in [5, 5.41) is 0. The molecule has 0 aromatic heterocycles.